The molecule has 1 saturated heterocycles. The molecule has 0 bridgehead atoms. The molecule has 33 heavy (non-hydrogen) atoms. The maximum Gasteiger partial charge on any atom is 0.237 e. The highest BCUT2D eigenvalue weighted by atomic mass is 16.5. The molecule has 1 aromatic carbocycles. The first kappa shape index (κ1) is 22.5. The first-order chi connectivity index (χ1) is 15.9. The van der Waals surface area contributed by atoms with Crippen LogP contribution in [0.1, 0.15) is 21.7 Å². The molecule has 172 valence electrons. The van der Waals surface area contributed by atoms with E-state index in [1.165, 1.54) is 0 Å². The summed E-state index contributed by atoms with van der Waals surface area (Å²) in [5.41, 5.74) is 9.44. The van der Waals surface area contributed by atoms with Gasteiger partial charge in [-0.2, -0.15) is 0 Å². The van der Waals surface area contributed by atoms with Gasteiger partial charge in [0.05, 0.1) is 13.2 Å². The number of hydrogen-bond donors (Lipinski definition) is 1. The van der Waals surface area contributed by atoms with Gasteiger partial charge in [-0.1, -0.05) is 12.1 Å². The molecule has 0 spiro atoms. The molecule has 1 amide bonds. The van der Waals surface area contributed by atoms with Crippen LogP contribution in [0.3, 0.4) is 0 Å². The van der Waals surface area contributed by atoms with Gasteiger partial charge in [-0.15, -0.1) is 0 Å². The van der Waals surface area contributed by atoms with Crippen molar-refractivity contribution >= 4 is 17.5 Å². The normalized spacial score (nSPS) is 13.7. The van der Waals surface area contributed by atoms with Crippen LogP contribution in [0.5, 0.6) is 5.75 Å². The molecule has 1 aliphatic heterocycles. The zero-order valence-corrected chi connectivity index (χ0v) is 18.9. The van der Waals surface area contributed by atoms with Gasteiger partial charge in [0.25, 0.3) is 0 Å². The number of nitrogens with zero attached hydrogens (tertiary/aromatic N) is 3. The molecule has 8 heteroatoms. The second-order valence-corrected chi connectivity index (χ2v) is 8.05. The number of pyridine rings is 1. The summed E-state index contributed by atoms with van der Waals surface area (Å²) in [7, 11) is 0. The predicted molar refractivity (Wildman–Crippen MR) is 126 cm³/mol. The number of ether oxygens (including phenoxy) is 2. The Bertz CT molecular complexity index is 1150. The molecular formula is C25H28N4O4. The highest BCUT2D eigenvalue weighted by Gasteiger charge is 2.18. The molecule has 0 radical (unpaired) electrons. The van der Waals surface area contributed by atoms with Gasteiger partial charge in [-0.05, 0) is 49.7 Å². The summed E-state index contributed by atoms with van der Waals surface area (Å²) in [4.78, 5) is 30.8. The fourth-order valence-electron chi connectivity index (χ4n) is 4.09. The monoisotopic (exact) mass is 448 g/mol. The van der Waals surface area contributed by atoms with Crippen LogP contribution in [0.2, 0.25) is 0 Å². The number of carbonyl (C=O) groups is 2. The van der Waals surface area contributed by atoms with E-state index in [0.717, 1.165) is 35.7 Å². The number of primary amides is 1. The number of carbonyl (C=O) groups excluding carboxylic acids is 2. The molecule has 4 rings (SSSR count). The van der Waals surface area contributed by atoms with Crippen LogP contribution in [0.25, 0.3) is 11.1 Å². The molecule has 0 unspecified atom stereocenters. The van der Waals surface area contributed by atoms with Crippen LogP contribution in [-0.4, -0.2) is 54.2 Å². The average molecular weight is 449 g/mol. The number of aryl methyl sites for hydroxylation is 1. The minimum absolute atomic E-state index is 0.0497. The van der Waals surface area contributed by atoms with Crippen molar-refractivity contribution in [1.82, 2.24) is 9.55 Å². The van der Waals surface area contributed by atoms with Crippen LogP contribution in [0.4, 0.5) is 5.82 Å². The molecule has 1 aliphatic rings. The molecule has 2 N–H and O–H groups in total. The van der Waals surface area contributed by atoms with Crippen LogP contribution in [0.15, 0.2) is 48.7 Å². The number of Topliss-reactive ketones (excluding diaryl/α,β-unsaturated/α-hetero) is 1. The summed E-state index contributed by atoms with van der Waals surface area (Å²) >= 11 is 0. The summed E-state index contributed by atoms with van der Waals surface area (Å²) < 4.78 is 12.9. The summed E-state index contributed by atoms with van der Waals surface area (Å²) in [5.74, 6) is 0.952. The van der Waals surface area contributed by atoms with Crippen molar-refractivity contribution in [3.8, 4) is 16.9 Å². The number of benzene rings is 1. The number of amides is 1. The van der Waals surface area contributed by atoms with Gasteiger partial charge in [0.1, 0.15) is 18.1 Å². The molecule has 0 atom stereocenters. The lowest BCUT2D eigenvalue weighted by molar-refractivity contribution is -0.118. The predicted octanol–water partition coefficient (Wildman–Crippen LogP) is 2.75. The van der Waals surface area contributed by atoms with Crippen LogP contribution >= 0.6 is 0 Å². The van der Waals surface area contributed by atoms with E-state index in [0.29, 0.717) is 30.2 Å². The standard InChI is InChI=1S/C25H28N4O4/c1-17-14-22(18(2)29(17)15-24(26)31)23(30)16-33-20-7-5-19(6-8-20)21-4-3-9-27-25(21)28-10-12-32-13-11-28/h3-9,14H,10-13,15-16H2,1-2H3,(H2,26,31). The van der Waals surface area contributed by atoms with E-state index < -0.39 is 5.91 Å². The van der Waals surface area contributed by atoms with Crippen LogP contribution < -0.4 is 15.4 Å². The minimum Gasteiger partial charge on any atom is -0.485 e. The van der Waals surface area contributed by atoms with Crippen molar-refractivity contribution in [2.24, 2.45) is 5.73 Å². The fraction of sp³-hybridized carbons (Fsp3) is 0.320. The Morgan fingerprint density at radius 3 is 2.55 bits per heavy atom. The maximum atomic E-state index is 12.7. The lowest BCUT2D eigenvalue weighted by Gasteiger charge is -2.29. The zero-order valence-electron chi connectivity index (χ0n) is 18.9. The van der Waals surface area contributed by atoms with E-state index >= 15 is 0 Å². The summed E-state index contributed by atoms with van der Waals surface area (Å²) in [5, 5.41) is 0. The van der Waals surface area contributed by atoms with E-state index in [1.807, 2.05) is 37.3 Å². The van der Waals surface area contributed by atoms with E-state index in [1.54, 1.807) is 23.8 Å². The van der Waals surface area contributed by atoms with Gasteiger partial charge < -0.3 is 24.7 Å². The van der Waals surface area contributed by atoms with Crippen molar-refractivity contribution in [2.75, 3.05) is 37.8 Å². The van der Waals surface area contributed by atoms with Crippen LogP contribution in [-0.2, 0) is 16.1 Å². The molecule has 8 nitrogen and oxygen atoms in total. The van der Waals surface area contributed by atoms with Gasteiger partial charge in [0.2, 0.25) is 11.7 Å². The second-order valence-electron chi connectivity index (χ2n) is 8.05. The third-order valence-corrected chi connectivity index (χ3v) is 5.82. The lowest BCUT2D eigenvalue weighted by Crippen LogP contribution is -2.37. The van der Waals surface area contributed by atoms with Crippen molar-refractivity contribution in [3.63, 3.8) is 0 Å². The van der Waals surface area contributed by atoms with Crippen molar-refractivity contribution in [3.05, 3.63) is 65.6 Å². The fourth-order valence-corrected chi connectivity index (χ4v) is 4.09. The number of rotatable bonds is 8. The van der Waals surface area contributed by atoms with Gasteiger partial charge in [-0.3, -0.25) is 9.59 Å². The van der Waals surface area contributed by atoms with E-state index in [2.05, 4.69) is 16.0 Å². The number of aromatic nitrogens is 2. The largest absolute Gasteiger partial charge is 0.485 e. The van der Waals surface area contributed by atoms with Crippen molar-refractivity contribution in [1.29, 1.82) is 0 Å². The van der Waals surface area contributed by atoms with Gasteiger partial charge in [0.15, 0.2) is 6.61 Å². The average Bonchev–Trinajstić information content (AvgIpc) is 3.11. The highest BCUT2D eigenvalue weighted by Crippen LogP contribution is 2.30. The third kappa shape index (κ3) is 5.06. The Hall–Kier alpha value is -3.65. The summed E-state index contributed by atoms with van der Waals surface area (Å²) in [6, 6.07) is 13.4. The molecular weight excluding hydrogens is 420 g/mol. The van der Waals surface area contributed by atoms with Gasteiger partial charge in [0, 0.05) is 41.8 Å². The smallest absolute Gasteiger partial charge is 0.237 e. The summed E-state index contributed by atoms with van der Waals surface area (Å²) in [6.45, 7) is 6.62. The Labute approximate surface area is 192 Å². The SMILES string of the molecule is Cc1cc(C(=O)COc2ccc(-c3cccnc3N3CCOCC3)cc2)c(C)n1CC(N)=O. The Morgan fingerprint density at radius 1 is 1.12 bits per heavy atom. The quantitative estimate of drug-likeness (QED) is 0.532. The number of nitrogens with two attached hydrogens (primary N) is 1. The topological polar surface area (TPSA) is 99.7 Å². The van der Waals surface area contributed by atoms with Crippen LogP contribution in [0, 0.1) is 13.8 Å². The molecule has 0 aliphatic carbocycles. The Balaban J connectivity index is 1.44. The van der Waals surface area contributed by atoms with Crippen molar-refractivity contribution in [2.45, 2.75) is 20.4 Å². The van der Waals surface area contributed by atoms with Gasteiger partial charge in [-0.25, -0.2) is 4.98 Å². The summed E-state index contributed by atoms with van der Waals surface area (Å²) in [6.07, 6.45) is 1.80. The maximum absolute atomic E-state index is 12.7. The van der Waals surface area contributed by atoms with E-state index in [-0.39, 0.29) is 18.9 Å². The first-order valence-electron chi connectivity index (χ1n) is 10.9. The minimum atomic E-state index is -0.447. The molecule has 0 saturated carbocycles. The lowest BCUT2D eigenvalue weighted by atomic mass is 10.1. The molecule has 1 fully saturated rings. The van der Waals surface area contributed by atoms with Gasteiger partial charge >= 0.3 is 0 Å². The van der Waals surface area contributed by atoms with E-state index in [4.69, 9.17) is 15.2 Å². The zero-order chi connectivity index (χ0) is 23.4. The number of morpholine rings is 1. The molecule has 3 aromatic rings. The number of ketones is 1. The third-order valence-electron chi connectivity index (χ3n) is 5.82. The van der Waals surface area contributed by atoms with Crippen molar-refractivity contribution < 1.29 is 19.1 Å². The highest BCUT2D eigenvalue weighted by molar-refractivity contribution is 5.98. The van der Waals surface area contributed by atoms with E-state index in [9.17, 15) is 9.59 Å². The molecule has 3 heterocycles. The second kappa shape index (κ2) is 9.87. The number of anilines is 1. The number of hydrogen-bond acceptors (Lipinski definition) is 6. The Morgan fingerprint density at radius 2 is 1.85 bits per heavy atom. The first-order valence-corrected chi connectivity index (χ1v) is 10.9. The Kier molecular flexibility index (Phi) is 6.74. The molecule has 2 aromatic heterocycles.